The molecule has 0 saturated carbocycles. The van der Waals surface area contributed by atoms with Crippen molar-refractivity contribution in [1.82, 2.24) is 4.90 Å². The maximum absolute atomic E-state index is 12.0. The molecule has 108 valence electrons. The van der Waals surface area contributed by atoms with E-state index in [4.69, 9.17) is 0 Å². The minimum absolute atomic E-state index is 0.00348. The minimum atomic E-state index is 0.00348. The molecule has 2 aromatic rings. The molecule has 0 aliphatic carbocycles. The van der Waals surface area contributed by atoms with Crippen LogP contribution in [-0.4, -0.2) is 17.4 Å². The molecule has 0 bridgehead atoms. The van der Waals surface area contributed by atoms with Gasteiger partial charge in [0.25, 0.3) is 0 Å². The van der Waals surface area contributed by atoms with Gasteiger partial charge in [-0.25, -0.2) is 0 Å². The van der Waals surface area contributed by atoms with Crippen LogP contribution in [0.15, 0.2) is 47.5 Å². The first-order valence-corrected chi connectivity index (χ1v) is 8.46. The Kier molecular flexibility index (Phi) is 4.00. The first-order chi connectivity index (χ1) is 10.1. The number of aryl methyl sites for hydroxylation is 1. The van der Waals surface area contributed by atoms with Gasteiger partial charge in [0.05, 0.1) is 6.54 Å². The smallest absolute Gasteiger partial charge is 0.246 e. The zero-order chi connectivity index (χ0) is 15.0. The second kappa shape index (κ2) is 5.78. The van der Waals surface area contributed by atoms with Gasteiger partial charge in [-0.2, -0.15) is 0 Å². The van der Waals surface area contributed by atoms with E-state index in [1.807, 2.05) is 17.0 Å². The Labute approximate surface area is 137 Å². The lowest BCUT2D eigenvalue weighted by Gasteiger charge is -2.33. The van der Waals surface area contributed by atoms with Crippen LogP contribution in [0.1, 0.15) is 26.8 Å². The minimum Gasteiger partial charge on any atom is -0.333 e. The Morgan fingerprint density at radius 2 is 2.19 bits per heavy atom. The van der Waals surface area contributed by atoms with Gasteiger partial charge in [-0.1, -0.05) is 40.7 Å². The summed E-state index contributed by atoms with van der Waals surface area (Å²) in [6.45, 7) is 7.14. The van der Waals surface area contributed by atoms with Crippen LogP contribution in [0.4, 0.5) is 0 Å². The van der Waals surface area contributed by atoms with Gasteiger partial charge in [0.1, 0.15) is 0 Å². The van der Waals surface area contributed by atoms with Crippen LogP contribution >= 0.6 is 27.3 Å². The monoisotopic (exact) mass is 361 g/mol. The lowest BCUT2D eigenvalue weighted by molar-refractivity contribution is -0.127. The van der Waals surface area contributed by atoms with Crippen molar-refractivity contribution < 1.29 is 4.79 Å². The molecule has 3 rings (SSSR count). The fourth-order valence-electron chi connectivity index (χ4n) is 2.88. The predicted octanol–water partition coefficient (Wildman–Crippen LogP) is 4.48. The Morgan fingerprint density at radius 3 is 2.90 bits per heavy atom. The van der Waals surface area contributed by atoms with Crippen LogP contribution < -0.4 is 0 Å². The highest BCUT2D eigenvalue weighted by Crippen LogP contribution is 2.40. The van der Waals surface area contributed by atoms with Crippen molar-refractivity contribution >= 4 is 33.2 Å². The molecule has 1 amide bonds. The maximum atomic E-state index is 12.0. The molecular weight excluding hydrogens is 346 g/mol. The van der Waals surface area contributed by atoms with Crippen molar-refractivity contribution in [1.29, 1.82) is 0 Å². The number of nitrogens with zero attached hydrogens (tertiary/aromatic N) is 1. The molecule has 0 unspecified atom stereocenters. The molecule has 1 aromatic carbocycles. The van der Waals surface area contributed by atoms with Crippen molar-refractivity contribution in [3.63, 3.8) is 0 Å². The molecule has 1 atom stereocenters. The van der Waals surface area contributed by atoms with Gasteiger partial charge in [-0.15, -0.1) is 11.3 Å². The fourth-order valence-corrected chi connectivity index (χ4v) is 4.55. The van der Waals surface area contributed by atoms with Crippen LogP contribution in [0.3, 0.4) is 0 Å². The van der Waals surface area contributed by atoms with Crippen molar-refractivity contribution in [2.24, 2.45) is 0 Å². The molecule has 21 heavy (non-hydrogen) atoms. The molecule has 0 spiro atoms. The number of carbonyl (C=O) groups is 1. The van der Waals surface area contributed by atoms with E-state index in [0.717, 1.165) is 4.47 Å². The first kappa shape index (κ1) is 14.5. The standard InChI is InChI=1S/C17H16BrNOS/c1-3-17(20)19-9-14(12-6-4-5-7-15(12)18)13-8-11(2)21-16(13)10-19/h3-8,14H,1,9-10H2,2H3/t14-/m1/s1. The molecule has 0 saturated heterocycles. The lowest BCUT2D eigenvalue weighted by atomic mass is 9.88. The van der Waals surface area contributed by atoms with Crippen molar-refractivity contribution in [2.45, 2.75) is 19.4 Å². The zero-order valence-electron chi connectivity index (χ0n) is 11.8. The number of fused-ring (bicyclic) bond motifs is 1. The summed E-state index contributed by atoms with van der Waals surface area (Å²) in [7, 11) is 0. The largest absolute Gasteiger partial charge is 0.333 e. The molecule has 0 fully saturated rings. The molecule has 1 aliphatic rings. The predicted molar refractivity (Wildman–Crippen MR) is 90.7 cm³/mol. The lowest BCUT2D eigenvalue weighted by Crippen LogP contribution is -2.37. The Morgan fingerprint density at radius 1 is 1.43 bits per heavy atom. The number of thiophene rings is 1. The normalized spacial score (nSPS) is 17.4. The highest BCUT2D eigenvalue weighted by Gasteiger charge is 2.30. The van der Waals surface area contributed by atoms with Gasteiger partial charge in [0.2, 0.25) is 5.91 Å². The summed E-state index contributed by atoms with van der Waals surface area (Å²) >= 11 is 5.43. The van der Waals surface area contributed by atoms with E-state index >= 15 is 0 Å². The van der Waals surface area contributed by atoms with E-state index in [0.29, 0.717) is 13.1 Å². The Hall–Kier alpha value is -1.39. The van der Waals surface area contributed by atoms with Gasteiger partial charge in [-0.05, 0) is 36.3 Å². The molecule has 0 radical (unpaired) electrons. The summed E-state index contributed by atoms with van der Waals surface area (Å²) in [5, 5.41) is 0. The molecule has 1 aromatic heterocycles. The van der Waals surface area contributed by atoms with Gasteiger partial charge in [-0.3, -0.25) is 4.79 Å². The van der Waals surface area contributed by atoms with Crippen molar-refractivity contribution in [3.8, 4) is 0 Å². The number of benzene rings is 1. The van der Waals surface area contributed by atoms with Crippen LogP contribution in [-0.2, 0) is 11.3 Å². The highest BCUT2D eigenvalue weighted by atomic mass is 79.9. The average molecular weight is 362 g/mol. The van der Waals surface area contributed by atoms with Crippen LogP contribution in [0.5, 0.6) is 0 Å². The van der Waals surface area contributed by atoms with Gasteiger partial charge < -0.3 is 4.90 Å². The molecule has 4 heteroatoms. The summed E-state index contributed by atoms with van der Waals surface area (Å²) in [5.74, 6) is 0.224. The highest BCUT2D eigenvalue weighted by molar-refractivity contribution is 9.10. The summed E-state index contributed by atoms with van der Waals surface area (Å²) < 4.78 is 1.10. The zero-order valence-corrected chi connectivity index (χ0v) is 14.2. The Balaban J connectivity index is 2.08. The van der Waals surface area contributed by atoms with Crippen molar-refractivity contribution in [3.05, 3.63) is 68.3 Å². The summed E-state index contributed by atoms with van der Waals surface area (Å²) in [6.07, 6.45) is 1.41. The average Bonchev–Trinajstić information content (AvgIpc) is 2.86. The summed E-state index contributed by atoms with van der Waals surface area (Å²) in [5.41, 5.74) is 2.59. The summed E-state index contributed by atoms with van der Waals surface area (Å²) in [4.78, 5) is 16.5. The van der Waals surface area contributed by atoms with E-state index < -0.39 is 0 Å². The van der Waals surface area contributed by atoms with Crippen LogP contribution in [0.25, 0.3) is 0 Å². The second-order valence-electron chi connectivity index (χ2n) is 5.23. The maximum Gasteiger partial charge on any atom is 0.246 e. The van der Waals surface area contributed by atoms with E-state index in [9.17, 15) is 4.79 Å². The fraction of sp³-hybridized carbons (Fsp3) is 0.235. The van der Waals surface area contributed by atoms with Gasteiger partial charge >= 0.3 is 0 Å². The second-order valence-corrected chi connectivity index (χ2v) is 7.43. The SMILES string of the molecule is C=CC(=O)N1Cc2sc(C)cc2[C@@H](c2ccccc2Br)C1. The molecule has 0 N–H and O–H groups in total. The number of amides is 1. The van der Waals surface area contributed by atoms with E-state index in [2.05, 4.69) is 47.6 Å². The molecular formula is C17H16BrNOS. The van der Waals surface area contributed by atoms with E-state index in [1.54, 1.807) is 11.3 Å². The third kappa shape index (κ3) is 2.70. The third-order valence-corrected chi connectivity index (χ3v) is 5.62. The first-order valence-electron chi connectivity index (χ1n) is 6.85. The Bertz CT molecular complexity index is 707. The summed E-state index contributed by atoms with van der Waals surface area (Å²) in [6, 6.07) is 10.5. The number of halogens is 1. The van der Waals surface area contributed by atoms with Gasteiger partial charge in [0.15, 0.2) is 0 Å². The number of carbonyl (C=O) groups excluding carboxylic acids is 1. The number of hydrogen-bond acceptors (Lipinski definition) is 2. The third-order valence-electron chi connectivity index (χ3n) is 3.84. The van der Waals surface area contributed by atoms with E-state index in [-0.39, 0.29) is 11.8 Å². The molecule has 2 heterocycles. The van der Waals surface area contributed by atoms with Crippen molar-refractivity contribution in [2.75, 3.05) is 6.54 Å². The number of hydrogen-bond donors (Lipinski definition) is 0. The van der Waals surface area contributed by atoms with Gasteiger partial charge in [0, 0.05) is 26.7 Å². The number of rotatable bonds is 2. The molecule has 2 nitrogen and oxygen atoms in total. The topological polar surface area (TPSA) is 20.3 Å². The van der Waals surface area contributed by atoms with Crippen LogP contribution in [0.2, 0.25) is 0 Å². The van der Waals surface area contributed by atoms with Crippen LogP contribution in [0, 0.1) is 6.92 Å². The quantitative estimate of drug-likeness (QED) is 0.722. The van der Waals surface area contributed by atoms with E-state index in [1.165, 1.54) is 27.0 Å². The molecule has 1 aliphatic heterocycles.